The molecule has 34 heavy (non-hydrogen) atoms. The molecule has 0 radical (unpaired) electrons. The fraction of sp³-hybridized carbons (Fsp3) is 0.182. The van der Waals surface area contributed by atoms with Gasteiger partial charge in [-0.1, -0.05) is 35.0 Å². The number of rotatable bonds is 7. The van der Waals surface area contributed by atoms with Crippen molar-refractivity contribution in [1.29, 1.82) is 0 Å². The highest BCUT2D eigenvalue weighted by Gasteiger charge is 2.19. The van der Waals surface area contributed by atoms with E-state index in [9.17, 15) is 14.4 Å². The lowest BCUT2D eigenvalue weighted by molar-refractivity contribution is -0.116. The van der Waals surface area contributed by atoms with Gasteiger partial charge < -0.3 is 14.6 Å². The molecule has 11 nitrogen and oxygen atoms in total. The Morgan fingerprint density at radius 1 is 1.18 bits per heavy atom. The van der Waals surface area contributed by atoms with Crippen LogP contribution in [0.4, 0.5) is 5.69 Å². The number of hydrogen-bond acceptors (Lipinski definition) is 8. The summed E-state index contributed by atoms with van der Waals surface area (Å²) in [5.41, 5.74) is -0.447. The average Bonchev–Trinajstić information content (AvgIpc) is 3.31. The molecule has 0 unspecified atom stereocenters. The lowest BCUT2D eigenvalue weighted by Crippen LogP contribution is -2.40. The maximum atomic E-state index is 12.6. The molecule has 174 valence electrons. The number of nitrogens with zero attached hydrogens (tertiary/aromatic N) is 5. The number of aryl methyl sites for hydroxylation is 1. The molecular weight excluding hydrogens is 464 g/mol. The molecule has 0 aliphatic rings. The number of halogens is 1. The Kier molecular flexibility index (Phi) is 6.55. The molecule has 0 spiro atoms. The summed E-state index contributed by atoms with van der Waals surface area (Å²) in [6.07, 6.45) is 0.168. The fourth-order valence-corrected chi connectivity index (χ4v) is 3.35. The standard InChI is InChI=1S/C22H19ClN6O5/c1-28-21(31)19(26-29(22(28)32)14-6-4-3-5-7-14)20-25-18(34-27-20)11-10-17(30)24-13-8-9-16(33-2)15(23)12-13/h3-9,12H,10-11H2,1-2H3,(H,24,30). The number of aromatic nitrogens is 5. The van der Waals surface area contributed by atoms with Gasteiger partial charge in [-0.25, -0.2) is 4.79 Å². The van der Waals surface area contributed by atoms with E-state index in [1.807, 2.05) is 0 Å². The zero-order valence-corrected chi connectivity index (χ0v) is 18.9. The van der Waals surface area contributed by atoms with Gasteiger partial charge in [0.15, 0.2) is 5.69 Å². The molecule has 4 aromatic rings. The van der Waals surface area contributed by atoms with E-state index in [2.05, 4.69) is 20.6 Å². The third kappa shape index (κ3) is 4.74. The van der Waals surface area contributed by atoms with Crippen LogP contribution in [0.2, 0.25) is 5.02 Å². The van der Waals surface area contributed by atoms with E-state index in [4.69, 9.17) is 20.9 Å². The van der Waals surface area contributed by atoms with Crippen LogP contribution in [0.3, 0.4) is 0 Å². The summed E-state index contributed by atoms with van der Waals surface area (Å²) in [6.45, 7) is 0. The van der Waals surface area contributed by atoms with Crippen LogP contribution in [0, 0.1) is 0 Å². The molecule has 4 rings (SSSR count). The second-order valence-electron chi connectivity index (χ2n) is 7.15. The van der Waals surface area contributed by atoms with Crippen LogP contribution in [-0.2, 0) is 18.3 Å². The molecule has 1 amide bonds. The Labute approximate surface area is 197 Å². The van der Waals surface area contributed by atoms with Crippen molar-refractivity contribution in [2.45, 2.75) is 12.8 Å². The van der Waals surface area contributed by atoms with Gasteiger partial charge in [0.05, 0.1) is 17.8 Å². The van der Waals surface area contributed by atoms with E-state index in [1.165, 1.54) is 14.2 Å². The van der Waals surface area contributed by atoms with Crippen molar-refractivity contribution in [3.8, 4) is 23.0 Å². The van der Waals surface area contributed by atoms with E-state index < -0.39 is 11.2 Å². The smallest absolute Gasteiger partial charge is 0.351 e. The molecule has 2 heterocycles. The Bertz CT molecular complexity index is 1460. The van der Waals surface area contributed by atoms with Crippen molar-refractivity contribution in [1.82, 2.24) is 24.5 Å². The molecule has 0 aliphatic heterocycles. The van der Waals surface area contributed by atoms with Gasteiger partial charge in [-0.3, -0.25) is 14.2 Å². The summed E-state index contributed by atoms with van der Waals surface area (Å²) in [4.78, 5) is 41.6. The van der Waals surface area contributed by atoms with Crippen LogP contribution in [0.1, 0.15) is 12.3 Å². The van der Waals surface area contributed by atoms with E-state index in [1.54, 1.807) is 48.5 Å². The number of anilines is 1. The number of amides is 1. The van der Waals surface area contributed by atoms with Crippen LogP contribution in [0.15, 0.2) is 62.6 Å². The van der Waals surface area contributed by atoms with Gasteiger partial charge in [0.1, 0.15) is 5.75 Å². The minimum Gasteiger partial charge on any atom is -0.495 e. The van der Waals surface area contributed by atoms with Crippen LogP contribution < -0.4 is 21.3 Å². The Balaban J connectivity index is 1.50. The zero-order valence-electron chi connectivity index (χ0n) is 18.2. The first-order valence-electron chi connectivity index (χ1n) is 10.1. The Morgan fingerprint density at radius 3 is 2.65 bits per heavy atom. The first-order valence-corrected chi connectivity index (χ1v) is 10.5. The number of benzene rings is 2. The number of carbonyl (C=O) groups excluding carboxylic acids is 1. The Hall–Kier alpha value is -4.25. The van der Waals surface area contributed by atoms with E-state index in [-0.39, 0.29) is 36.2 Å². The highest BCUT2D eigenvalue weighted by molar-refractivity contribution is 6.32. The summed E-state index contributed by atoms with van der Waals surface area (Å²) in [5, 5.41) is 11.0. The number of para-hydroxylation sites is 1. The molecule has 0 aliphatic carbocycles. The normalized spacial score (nSPS) is 10.8. The quantitative estimate of drug-likeness (QED) is 0.423. The summed E-state index contributed by atoms with van der Waals surface area (Å²) < 4.78 is 12.3. The monoisotopic (exact) mass is 482 g/mol. The maximum absolute atomic E-state index is 12.6. The van der Waals surface area contributed by atoms with Gasteiger partial charge in [-0.05, 0) is 30.3 Å². The van der Waals surface area contributed by atoms with Crippen molar-refractivity contribution in [2.75, 3.05) is 12.4 Å². The third-order valence-corrected chi connectivity index (χ3v) is 5.15. The molecule has 0 fully saturated rings. The van der Waals surface area contributed by atoms with Crippen molar-refractivity contribution in [3.63, 3.8) is 0 Å². The fourth-order valence-electron chi connectivity index (χ4n) is 3.09. The molecule has 12 heteroatoms. The topological polar surface area (TPSA) is 134 Å². The highest BCUT2D eigenvalue weighted by atomic mass is 35.5. The van der Waals surface area contributed by atoms with E-state index >= 15 is 0 Å². The predicted molar refractivity (Wildman–Crippen MR) is 123 cm³/mol. The van der Waals surface area contributed by atoms with Crippen molar-refractivity contribution < 1.29 is 14.1 Å². The van der Waals surface area contributed by atoms with Crippen molar-refractivity contribution in [3.05, 3.63) is 80.3 Å². The van der Waals surface area contributed by atoms with Crippen LogP contribution in [0.25, 0.3) is 17.2 Å². The number of methoxy groups -OCH3 is 1. The van der Waals surface area contributed by atoms with Crippen molar-refractivity contribution in [2.24, 2.45) is 7.05 Å². The molecule has 1 N–H and O–H groups in total. The number of carbonyl (C=O) groups is 1. The molecule has 2 aromatic carbocycles. The van der Waals surface area contributed by atoms with Gasteiger partial charge >= 0.3 is 5.69 Å². The zero-order chi connectivity index (χ0) is 24.2. The van der Waals surface area contributed by atoms with E-state index in [0.717, 1.165) is 9.25 Å². The van der Waals surface area contributed by atoms with Crippen molar-refractivity contribution >= 4 is 23.2 Å². The lowest BCUT2D eigenvalue weighted by atomic mass is 10.2. The SMILES string of the molecule is COc1ccc(NC(=O)CCc2nc(-c3nn(-c4ccccc4)c(=O)n(C)c3=O)no2)cc1Cl. The van der Waals surface area contributed by atoms with Crippen LogP contribution in [-0.4, -0.2) is 37.5 Å². The highest BCUT2D eigenvalue weighted by Crippen LogP contribution is 2.27. The van der Waals surface area contributed by atoms with Gasteiger partial charge in [0.2, 0.25) is 17.6 Å². The van der Waals surface area contributed by atoms with Gasteiger partial charge in [-0.2, -0.15) is 14.8 Å². The van der Waals surface area contributed by atoms with Gasteiger partial charge in [-0.15, -0.1) is 0 Å². The average molecular weight is 483 g/mol. The third-order valence-electron chi connectivity index (χ3n) is 4.86. The predicted octanol–water partition coefficient (Wildman–Crippen LogP) is 2.21. The first-order chi connectivity index (χ1) is 16.4. The summed E-state index contributed by atoms with van der Waals surface area (Å²) >= 11 is 6.07. The molecule has 0 saturated carbocycles. The lowest BCUT2D eigenvalue weighted by Gasteiger charge is -2.07. The molecule has 2 aromatic heterocycles. The summed E-state index contributed by atoms with van der Waals surface area (Å²) in [6, 6.07) is 13.5. The number of hydrogen-bond donors (Lipinski definition) is 1. The van der Waals surface area contributed by atoms with Gasteiger partial charge in [0.25, 0.3) is 5.56 Å². The molecule has 0 atom stereocenters. The second kappa shape index (κ2) is 9.71. The van der Waals surface area contributed by atoms with Gasteiger partial charge in [0, 0.05) is 25.6 Å². The largest absolute Gasteiger partial charge is 0.495 e. The summed E-state index contributed by atoms with van der Waals surface area (Å²) in [5.74, 6) is 0.255. The minimum atomic E-state index is -0.668. The van der Waals surface area contributed by atoms with Crippen LogP contribution in [0.5, 0.6) is 5.75 Å². The second-order valence-corrected chi connectivity index (χ2v) is 7.56. The molecule has 0 saturated heterocycles. The summed E-state index contributed by atoms with van der Waals surface area (Å²) in [7, 11) is 2.84. The maximum Gasteiger partial charge on any atom is 0.351 e. The van der Waals surface area contributed by atoms with E-state index in [0.29, 0.717) is 22.1 Å². The Morgan fingerprint density at radius 2 is 1.94 bits per heavy atom. The molecule has 0 bridgehead atoms. The molecular formula is C22H19ClN6O5. The van der Waals surface area contributed by atoms with Crippen LogP contribution >= 0.6 is 11.6 Å². The number of ether oxygens (including phenoxy) is 1. The minimum absolute atomic E-state index is 0.0419. The first kappa shape index (κ1) is 22.9. The number of nitrogens with one attached hydrogen (secondary N) is 1.